The molecular weight excluding hydrogens is 398 g/mol. The lowest BCUT2D eigenvalue weighted by Crippen LogP contribution is -2.34. The van der Waals surface area contributed by atoms with Crippen molar-refractivity contribution >= 4 is 33.2 Å². The molecule has 3 heterocycles. The molecule has 2 amide bonds. The molecule has 0 radical (unpaired) electrons. The zero-order valence-electron chi connectivity index (χ0n) is 16.0. The number of carbonyl (C=O) groups is 2. The summed E-state index contributed by atoms with van der Waals surface area (Å²) in [5, 5.41) is 5.35. The SMILES string of the molecule is Cc1oc(C(=O)Nc2ccc3c(c2)NC(=O)[C@@H](C)O3)cc1S(=O)(=O)N1CCCC1. The normalized spacial score (nSPS) is 19.4. The summed E-state index contributed by atoms with van der Waals surface area (Å²) in [5.74, 6) is -0.302. The van der Waals surface area contributed by atoms with Crippen molar-refractivity contribution in [3.8, 4) is 5.75 Å². The minimum absolute atomic E-state index is 0.00430. The molecule has 2 aliphatic rings. The van der Waals surface area contributed by atoms with Crippen LogP contribution in [0.2, 0.25) is 0 Å². The number of nitrogens with zero attached hydrogens (tertiary/aromatic N) is 1. The van der Waals surface area contributed by atoms with Gasteiger partial charge in [0.2, 0.25) is 10.0 Å². The molecule has 0 unspecified atom stereocenters. The number of carbonyl (C=O) groups excluding carboxylic acids is 2. The molecule has 0 saturated carbocycles. The summed E-state index contributed by atoms with van der Waals surface area (Å²) >= 11 is 0. The first-order chi connectivity index (χ1) is 13.8. The third-order valence-electron chi connectivity index (χ3n) is 4.95. The van der Waals surface area contributed by atoms with E-state index in [-0.39, 0.29) is 22.3 Å². The van der Waals surface area contributed by atoms with Gasteiger partial charge in [-0.2, -0.15) is 4.31 Å². The maximum absolute atomic E-state index is 12.7. The second-order valence-corrected chi connectivity index (χ2v) is 8.96. The summed E-state index contributed by atoms with van der Waals surface area (Å²) in [5.41, 5.74) is 0.851. The molecular formula is C19H21N3O6S. The monoisotopic (exact) mass is 419 g/mol. The lowest BCUT2D eigenvalue weighted by molar-refractivity contribution is -0.122. The van der Waals surface area contributed by atoms with Gasteiger partial charge in [-0.25, -0.2) is 8.42 Å². The van der Waals surface area contributed by atoms with Gasteiger partial charge in [0.15, 0.2) is 11.9 Å². The van der Waals surface area contributed by atoms with Gasteiger partial charge < -0.3 is 19.8 Å². The summed E-state index contributed by atoms with van der Waals surface area (Å²) < 4.78 is 37.8. The van der Waals surface area contributed by atoms with Crippen molar-refractivity contribution in [2.24, 2.45) is 0 Å². The number of amides is 2. The number of furan rings is 1. The summed E-state index contributed by atoms with van der Waals surface area (Å²) in [6, 6.07) is 6.08. The van der Waals surface area contributed by atoms with E-state index in [2.05, 4.69) is 10.6 Å². The fourth-order valence-corrected chi connectivity index (χ4v) is 5.06. The van der Waals surface area contributed by atoms with E-state index in [1.807, 2.05) is 0 Å². The minimum Gasteiger partial charge on any atom is -0.479 e. The van der Waals surface area contributed by atoms with Crippen molar-refractivity contribution in [3.63, 3.8) is 0 Å². The van der Waals surface area contributed by atoms with Crippen LogP contribution in [0.5, 0.6) is 5.75 Å². The average molecular weight is 419 g/mol. The number of rotatable bonds is 4. The Kier molecular flexibility index (Phi) is 4.83. The predicted molar refractivity (Wildman–Crippen MR) is 105 cm³/mol. The molecule has 29 heavy (non-hydrogen) atoms. The number of sulfonamides is 1. The van der Waals surface area contributed by atoms with Gasteiger partial charge in [0.1, 0.15) is 16.4 Å². The molecule has 0 bridgehead atoms. The third-order valence-corrected chi connectivity index (χ3v) is 6.95. The zero-order valence-corrected chi connectivity index (χ0v) is 16.8. The van der Waals surface area contributed by atoms with Crippen molar-refractivity contribution in [2.45, 2.75) is 37.7 Å². The Bertz CT molecular complexity index is 1090. The highest BCUT2D eigenvalue weighted by atomic mass is 32.2. The number of ether oxygens (including phenoxy) is 1. The molecule has 0 aliphatic carbocycles. The van der Waals surface area contributed by atoms with Crippen LogP contribution in [0.25, 0.3) is 0 Å². The fourth-order valence-electron chi connectivity index (χ4n) is 3.38. The zero-order chi connectivity index (χ0) is 20.8. The molecule has 1 saturated heterocycles. The van der Waals surface area contributed by atoms with Gasteiger partial charge in [-0.15, -0.1) is 0 Å². The third kappa shape index (κ3) is 3.60. The molecule has 154 valence electrons. The quantitative estimate of drug-likeness (QED) is 0.785. The number of aryl methyl sites for hydroxylation is 1. The molecule has 2 aromatic rings. The van der Waals surface area contributed by atoms with E-state index in [1.165, 1.54) is 17.3 Å². The largest absolute Gasteiger partial charge is 0.479 e. The summed E-state index contributed by atoms with van der Waals surface area (Å²) in [4.78, 5) is 24.3. The highest BCUT2D eigenvalue weighted by Gasteiger charge is 2.32. The molecule has 1 atom stereocenters. The Hall–Kier alpha value is -2.85. The van der Waals surface area contributed by atoms with E-state index in [0.29, 0.717) is 30.2 Å². The molecule has 4 rings (SSSR count). The van der Waals surface area contributed by atoms with Crippen molar-refractivity contribution in [1.82, 2.24) is 4.31 Å². The van der Waals surface area contributed by atoms with E-state index in [4.69, 9.17) is 9.15 Å². The Labute approximate surface area is 168 Å². The summed E-state index contributed by atoms with van der Waals surface area (Å²) in [7, 11) is -3.68. The lowest BCUT2D eigenvalue weighted by Gasteiger charge is -2.23. The van der Waals surface area contributed by atoms with Gasteiger partial charge in [-0.3, -0.25) is 9.59 Å². The second-order valence-electron chi connectivity index (χ2n) is 7.06. The van der Waals surface area contributed by atoms with Crippen molar-refractivity contribution in [3.05, 3.63) is 35.8 Å². The number of nitrogens with one attached hydrogen (secondary N) is 2. The van der Waals surface area contributed by atoms with Crippen LogP contribution >= 0.6 is 0 Å². The topological polar surface area (TPSA) is 118 Å². The summed E-state index contributed by atoms with van der Waals surface area (Å²) in [6.07, 6.45) is 1.05. The van der Waals surface area contributed by atoms with Crippen LogP contribution in [-0.4, -0.2) is 43.7 Å². The second kappa shape index (κ2) is 7.20. The fraction of sp³-hybridized carbons (Fsp3) is 0.368. The Morgan fingerprint density at radius 3 is 2.69 bits per heavy atom. The van der Waals surface area contributed by atoms with Gasteiger partial charge in [-0.05, 0) is 44.9 Å². The van der Waals surface area contributed by atoms with E-state index in [1.54, 1.807) is 25.1 Å². The minimum atomic E-state index is -3.68. The number of anilines is 2. The van der Waals surface area contributed by atoms with Crippen LogP contribution in [-0.2, 0) is 14.8 Å². The van der Waals surface area contributed by atoms with E-state index in [9.17, 15) is 18.0 Å². The maximum atomic E-state index is 12.7. The van der Waals surface area contributed by atoms with Crippen LogP contribution in [0.1, 0.15) is 36.1 Å². The van der Waals surface area contributed by atoms with Crippen molar-refractivity contribution in [2.75, 3.05) is 23.7 Å². The maximum Gasteiger partial charge on any atom is 0.291 e. The van der Waals surface area contributed by atoms with E-state index < -0.39 is 22.0 Å². The van der Waals surface area contributed by atoms with Crippen LogP contribution in [0, 0.1) is 6.92 Å². The van der Waals surface area contributed by atoms with Crippen LogP contribution in [0.4, 0.5) is 11.4 Å². The first-order valence-corrected chi connectivity index (χ1v) is 10.7. The molecule has 0 spiro atoms. The Morgan fingerprint density at radius 2 is 1.97 bits per heavy atom. The summed E-state index contributed by atoms with van der Waals surface area (Å²) in [6.45, 7) is 4.10. The first kappa shape index (κ1) is 19.5. The van der Waals surface area contributed by atoms with E-state index in [0.717, 1.165) is 12.8 Å². The standard InChI is InChI=1S/C19H21N3O6S/c1-11-17(29(25,26)22-7-3-4-8-22)10-16(27-11)19(24)20-13-5-6-15-14(9-13)21-18(23)12(2)28-15/h5-6,9-10,12H,3-4,7-8H2,1-2H3,(H,20,24)(H,21,23)/t12-/m1/s1. The van der Waals surface area contributed by atoms with Gasteiger partial charge in [0, 0.05) is 24.8 Å². The highest BCUT2D eigenvalue weighted by molar-refractivity contribution is 7.89. The smallest absolute Gasteiger partial charge is 0.291 e. The Morgan fingerprint density at radius 1 is 1.24 bits per heavy atom. The van der Waals surface area contributed by atoms with Gasteiger partial charge in [0.25, 0.3) is 11.8 Å². The number of benzene rings is 1. The molecule has 10 heteroatoms. The Balaban J connectivity index is 1.54. The van der Waals surface area contributed by atoms with Gasteiger partial charge >= 0.3 is 0 Å². The molecule has 2 aliphatic heterocycles. The van der Waals surface area contributed by atoms with Gasteiger partial charge in [-0.1, -0.05) is 0 Å². The number of fused-ring (bicyclic) bond motifs is 1. The van der Waals surface area contributed by atoms with Crippen molar-refractivity contribution < 1.29 is 27.2 Å². The molecule has 9 nitrogen and oxygen atoms in total. The molecule has 1 fully saturated rings. The van der Waals surface area contributed by atoms with Crippen LogP contribution < -0.4 is 15.4 Å². The molecule has 1 aromatic carbocycles. The highest BCUT2D eigenvalue weighted by Crippen LogP contribution is 2.32. The molecule has 1 aromatic heterocycles. The first-order valence-electron chi connectivity index (χ1n) is 9.29. The predicted octanol–water partition coefficient (Wildman–Crippen LogP) is 2.34. The van der Waals surface area contributed by atoms with Crippen LogP contribution in [0.15, 0.2) is 33.6 Å². The number of hydrogen-bond acceptors (Lipinski definition) is 6. The molecule has 2 N–H and O–H groups in total. The van der Waals surface area contributed by atoms with Crippen LogP contribution in [0.3, 0.4) is 0 Å². The average Bonchev–Trinajstić information content (AvgIpc) is 3.33. The number of hydrogen-bond donors (Lipinski definition) is 2. The lowest BCUT2D eigenvalue weighted by atomic mass is 10.2. The van der Waals surface area contributed by atoms with Gasteiger partial charge in [0.05, 0.1) is 5.69 Å². The van der Waals surface area contributed by atoms with Crippen molar-refractivity contribution in [1.29, 1.82) is 0 Å². The van der Waals surface area contributed by atoms with E-state index >= 15 is 0 Å².